The maximum absolute atomic E-state index is 13.6. The van der Waals surface area contributed by atoms with Crippen LogP contribution in [0.1, 0.15) is 81.6 Å². The fourth-order valence-corrected chi connectivity index (χ4v) is 7.95. The highest BCUT2D eigenvalue weighted by atomic mass is 16.7. The van der Waals surface area contributed by atoms with Crippen LogP contribution in [-0.4, -0.2) is 137 Å². The summed E-state index contributed by atoms with van der Waals surface area (Å²) in [5.41, 5.74) is -2.23. The third kappa shape index (κ3) is 9.33. The SMILES string of the molecule is C=C1CO[C@H]2[C@@H](C)N(C1)C[C@H](C)C[C@@](C)(O)[C@H](O[C@@H]1O[C@H](C)C[C@H](N(C)C)[C@H]1OC(C)=O)[C@@H](C)[C@H](O)[C@@H](C)C(=O)O[C@H](CC)[C@@]2(C)O. The Labute approximate surface area is 281 Å². The molecule has 3 aliphatic rings. The molecular weight excluding hydrogens is 608 g/mol. The average Bonchev–Trinajstić information content (AvgIpc) is 3.10. The molecule has 0 aromatic heterocycles. The van der Waals surface area contributed by atoms with Crippen LogP contribution in [0.2, 0.25) is 0 Å². The predicted octanol–water partition coefficient (Wildman–Crippen LogP) is 2.51. The molecule has 0 aromatic rings. The molecule has 0 radical (unpaired) electrons. The van der Waals surface area contributed by atoms with Gasteiger partial charge in [0, 0.05) is 32.0 Å². The van der Waals surface area contributed by atoms with Crippen molar-refractivity contribution in [3.05, 3.63) is 12.2 Å². The van der Waals surface area contributed by atoms with Gasteiger partial charge in [0.2, 0.25) is 0 Å². The number of rotatable bonds is 5. The van der Waals surface area contributed by atoms with Gasteiger partial charge in [0.05, 0.1) is 42.5 Å². The van der Waals surface area contributed by atoms with Gasteiger partial charge < -0.3 is 43.9 Å². The molecule has 15 atom stereocenters. The summed E-state index contributed by atoms with van der Waals surface area (Å²) in [5, 5.41) is 35.9. The van der Waals surface area contributed by atoms with Gasteiger partial charge in [-0.15, -0.1) is 0 Å². The van der Waals surface area contributed by atoms with Crippen LogP contribution in [0.3, 0.4) is 0 Å². The van der Waals surface area contributed by atoms with Crippen LogP contribution in [0.25, 0.3) is 0 Å². The molecular formula is C35H62N2O10. The van der Waals surface area contributed by atoms with E-state index >= 15 is 0 Å². The van der Waals surface area contributed by atoms with E-state index in [2.05, 4.69) is 11.5 Å². The van der Waals surface area contributed by atoms with E-state index < -0.39 is 71.8 Å². The topological polar surface area (TPSA) is 147 Å². The van der Waals surface area contributed by atoms with Gasteiger partial charge >= 0.3 is 11.9 Å². The third-order valence-electron chi connectivity index (χ3n) is 10.4. The molecule has 0 saturated carbocycles. The van der Waals surface area contributed by atoms with Crippen molar-refractivity contribution in [1.82, 2.24) is 9.80 Å². The second kappa shape index (κ2) is 15.9. The fraction of sp³-hybridized carbons (Fsp3) is 0.886. The van der Waals surface area contributed by atoms with E-state index in [4.69, 9.17) is 23.7 Å². The van der Waals surface area contributed by atoms with Gasteiger partial charge in [-0.1, -0.05) is 27.4 Å². The first-order valence-electron chi connectivity index (χ1n) is 17.2. The van der Waals surface area contributed by atoms with E-state index in [1.54, 1.807) is 27.7 Å². The zero-order valence-electron chi connectivity index (χ0n) is 30.5. The molecule has 0 aromatic carbocycles. The Balaban J connectivity index is 2.09. The van der Waals surface area contributed by atoms with Crippen LogP contribution in [0.4, 0.5) is 0 Å². The van der Waals surface area contributed by atoms with Crippen molar-refractivity contribution < 1.29 is 48.6 Å². The Bertz CT molecular complexity index is 1080. The molecule has 3 N–H and O–H groups in total. The monoisotopic (exact) mass is 670 g/mol. The maximum Gasteiger partial charge on any atom is 0.311 e. The number of fused-ring (bicyclic) bond motifs is 2. The molecule has 3 aliphatic heterocycles. The first-order valence-corrected chi connectivity index (χ1v) is 17.2. The largest absolute Gasteiger partial charge is 0.459 e. The van der Waals surface area contributed by atoms with E-state index in [0.717, 1.165) is 5.57 Å². The molecule has 3 heterocycles. The zero-order chi connectivity index (χ0) is 35.6. The Morgan fingerprint density at radius 1 is 1.15 bits per heavy atom. The van der Waals surface area contributed by atoms with E-state index in [9.17, 15) is 24.9 Å². The highest BCUT2D eigenvalue weighted by molar-refractivity contribution is 5.73. The van der Waals surface area contributed by atoms with Crippen LogP contribution in [-0.2, 0) is 33.3 Å². The number of nitrogens with zero attached hydrogens (tertiary/aromatic N) is 2. The van der Waals surface area contributed by atoms with Crippen LogP contribution in [0.15, 0.2) is 12.2 Å². The lowest BCUT2D eigenvalue weighted by molar-refractivity contribution is -0.301. The molecule has 3 rings (SSSR count). The summed E-state index contributed by atoms with van der Waals surface area (Å²) < 4.78 is 30.8. The van der Waals surface area contributed by atoms with Crippen LogP contribution < -0.4 is 0 Å². The van der Waals surface area contributed by atoms with Crippen molar-refractivity contribution in [3.8, 4) is 0 Å². The summed E-state index contributed by atoms with van der Waals surface area (Å²) >= 11 is 0. The highest BCUT2D eigenvalue weighted by Gasteiger charge is 2.51. The smallest absolute Gasteiger partial charge is 0.311 e. The molecule has 272 valence electrons. The highest BCUT2D eigenvalue weighted by Crippen LogP contribution is 2.38. The van der Waals surface area contributed by atoms with Gasteiger partial charge in [0.15, 0.2) is 12.4 Å². The number of likely N-dealkylation sites (N-methyl/N-ethyl adjacent to an activating group) is 1. The summed E-state index contributed by atoms with van der Waals surface area (Å²) in [6.45, 7) is 21.2. The van der Waals surface area contributed by atoms with Crippen molar-refractivity contribution in [2.24, 2.45) is 17.8 Å². The molecule has 2 bridgehead atoms. The fourth-order valence-electron chi connectivity index (χ4n) is 7.95. The number of hydrogen-bond donors (Lipinski definition) is 3. The predicted molar refractivity (Wildman–Crippen MR) is 176 cm³/mol. The quantitative estimate of drug-likeness (QED) is 0.292. The minimum Gasteiger partial charge on any atom is -0.459 e. The summed E-state index contributed by atoms with van der Waals surface area (Å²) in [5.74, 6) is -3.10. The van der Waals surface area contributed by atoms with E-state index in [0.29, 0.717) is 25.9 Å². The molecule has 0 aliphatic carbocycles. The number of carbonyl (C=O) groups excluding carboxylic acids is 2. The maximum atomic E-state index is 13.6. The lowest BCUT2D eigenvalue weighted by Crippen LogP contribution is -2.60. The molecule has 3 saturated heterocycles. The van der Waals surface area contributed by atoms with Crippen molar-refractivity contribution in [2.45, 2.75) is 148 Å². The third-order valence-corrected chi connectivity index (χ3v) is 10.4. The normalized spacial score (nSPS) is 46.1. The molecule has 0 amide bonds. The second-order valence-electron chi connectivity index (χ2n) is 15.2. The Morgan fingerprint density at radius 2 is 1.79 bits per heavy atom. The number of cyclic esters (lactones) is 1. The number of esters is 2. The lowest BCUT2D eigenvalue weighted by atomic mass is 9.78. The zero-order valence-corrected chi connectivity index (χ0v) is 30.5. The molecule has 1 unspecified atom stereocenters. The van der Waals surface area contributed by atoms with Crippen molar-refractivity contribution >= 4 is 11.9 Å². The molecule has 47 heavy (non-hydrogen) atoms. The number of aliphatic hydroxyl groups excluding tert-OH is 1. The van der Waals surface area contributed by atoms with Gasteiger partial charge in [-0.25, -0.2) is 0 Å². The summed E-state index contributed by atoms with van der Waals surface area (Å²) in [6.07, 6.45) is -4.88. The first-order chi connectivity index (χ1) is 21.7. The van der Waals surface area contributed by atoms with Gasteiger partial charge in [0.1, 0.15) is 17.8 Å². The first kappa shape index (κ1) is 39.8. The van der Waals surface area contributed by atoms with Crippen LogP contribution >= 0.6 is 0 Å². The minimum atomic E-state index is -1.55. The number of aliphatic hydroxyl groups is 3. The van der Waals surface area contributed by atoms with Crippen molar-refractivity contribution in [1.29, 1.82) is 0 Å². The van der Waals surface area contributed by atoms with E-state index in [-0.39, 0.29) is 37.1 Å². The molecule has 12 heteroatoms. The molecule has 3 fully saturated rings. The van der Waals surface area contributed by atoms with E-state index in [1.807, 2.05) is 46.7 Å². The van der Waals surface area contributed by atoms with Gasteiger partial charge in [0.25, 0.3) is 0 Å². The van der Waals surface area contributed by atoms with Gasteiger partial charge in [-0.2, -0.15) is 0 Å². The second-order valence-corrected chi connectivity index (χ2v) is 15.2. The number of ether oxygens (including phenoxy) is 5. The van der Waals surface area contributed by atoms with Crippen molar-refractivity contribution in [2.75, 3.05) is 33.8 Å². The van der Waals surface area contributed by atoms with Crippen molar-refractivity contribution in [3.63, 3.8) is 0 Å². The Hall–Kier alpha value is -1.64. The Kier molecular flexibility index (Phi) is 13.5. The standard InChI is InChI=1S/C35H62N2O10/c1-13-27-35(10,42)31-24(7)37(17-20(3)18-43-31)16-19(2)15-34(9,41)30(22(5)28(39)23(6)32(40)46-27)47-33-29(45-25(8)38)26(36(11)12)14-21(4)44-33/h19,21-24,26-31,33,39,41-42H,3,13-18H2,1-2,4-12H3/t19-,21-,22+,23-,24-,26+,27-,28+,29-,30-,31+,33+,34-,35-/m1/s1. The molecule has 0 spiro atoms. The van der Waals surface area contributed by atoms with Gasteiger partial charge in [-0.05, 0) is 79.5 Å². The molecule has 12 nitrogen and oxygen atoms in total. The Morgan fingerprint density at radius 3 is 2.36 bits per heavy atom. The summed E-state index contributed by atoms with van der Waals surface area (Å²) in [6, 6.07) is -0.507. The van der Waals surface area contributed by atoms with Gasteiger partial charge in [-0.3, -0.25) is 14.5 Å². The van der Waals surface area contributed by atoms with E-state index in [1.165, 1.54) is 6.92 Å². The average molecular weight is 671 g/mol. The minimum absolute atomic E-state index is 0.0909. The van der Waals surface area contributed by atoms with Crippen LogP contribution in [0.5, 0.6) is 0 Å². The summed E-state index contributed by atoms with van der Waals surface area (Å²) in [7, 11) is 3.79. The number of hydrogen-bond acceptors (Lipinski definition) is 12. The number of carbonyl (C=O) groups is 2. The lowest BCUT2D eigenvalue weighted by Gasteiger charge is -2.47. The summed E-state index contributed by atoms with van der Waals surface area (Å²) in [4.78, 5) is 30.0. The van der Waals surface area contributed by atoms with Crippen LogP contribution in [0, 0.1) is 17.8 Å².